The second kappa shape index (κ2) is 6.67. The van der Waals surface area contributed by atoms with E-state index < -0.39 is 26.2 Å². The van der Waals surface area contributed by atoms with E-state index in [9.17, 15) is 4.57 Å². The van der Waals surface area contributed by atoms with Crippen LogP contribution in [0.1, 0.15) is 20.3 Å². The Labute approximate surface area is 119 Å². The van der Waals surface area contributed by atoms with Gasteiger partial charge in [-0.1, -0.05) is 25.7 Å². The van der Waals surface area contributed by atoms with E-state index in [1.165, 1.54) is 0 Å². The predicted octanol–water partition coefficient (Wildman–Crippen LogP) is 1.20. The van der Waals surface area contributed by atoms with Crippen molar-refractivity contribution >= 4 is 33.7 Å². The van der Waals surface area contributed by atoms with E-state index in [-0.39, 0.29) is 18.4 Å². The zero-order chi connectivity index (χ0) is 14.8. The molecular formula is C9H19BO6P2S. The van der Waals surface area contributed by atoms with Gasteiger partial charge < -0.3 is 19.0 Å². The highest BCUT2D eigenvalue weighted by Gasteiger charge is 2.36. The summed E-state index contributed by atoms with van der Waals surface area (Å²) in [5.74, 6) is 0. The van der Waals surface area contributed by atoms with Crippen molar-refractivity contribution in [1.29, 1.82) is 0 Å². The minimum atomic E-state index is -4.49. The Balaban J connectivity index is 2.52. The van der Waals surface area contributed by atoms with Crippen molar-refractivity contribution in [2.45, 2.75) is 44.1 Å². The van der Waals surface area contributed by atoms with Crippen LogP contribution in [-0.4, -0.2) is 54.8 Å². The van der Waals surface area contributed by atoms with Gasteiger partial charge in [0.1, 0.15) is 7.85 Å². The topological polar surface area (TPSA) is 85.2 Å². The van der Waals surface area contributed by atoms with Gasteiger partial charge in [-0.2, -0.15) is 0 Å². The van der Waals surface area contributed by atoms with E-state index >= 15 is 0 Å². The molecule has 2 N–H and O–H groups in total. The summed E-state index contributed by atoms with van der Waals surface area (Å²) < 4.78 is 26.2. The lowest BCUT2D eigenvalue weighted by atomic mass is 9.95. The maximum atomic E-state index is 10.6. The predicted molar refractivity (Wildman–Crippen MR) is 77.2 cm³/mol. The second-order valence-corrected chi connectivity index (χ2v) is 11.4. The lowest BCUT2D eigenvalue weighted by molar-refractivity contribution is 0.0325. The van der Waals surface area contributed by atoms with Crippen molar-refractivity contribution in [3.8, 4) is 0 Å². The summed E-state index contributed by atoms with van der Waals surface area (Å²) in [5, 5.41) is 0. The first kappa shape index (κ1) is 17.8. The summed E-state index contributed by atoms with van der Waals surface area (Å²) in [6.45, 7) is 5.68. The molecule has 0 saturated carbocycles. The third kappa shape index (κ3) is 5.94. The molecule has 1 aliphatic heterocycles. The number of hydrogen-bond donors (Lipinski definition) is 2. The van der Waals surface area contributed by atoms with Gasteiger partial charge in [0.25, 0.3) is 0 Å². The number of ether oxygens (including phenoxy) is 1. The molecule has 0 aliphatic carbocycles. The van der Waals surface area contributed by atoms with Crippen LogP contribution in [0.2, 0.25) is 0 Å². The molecule has 1 saturated heterocycles. The molecule has 19 heavy (non-hydrogen) atoms. The molecule has 10 heteroatoms. The molecule has 1 unspecified atom stereocenters. The number of rotatable bonds is 6. The Hall–Kier alpha value is 0.745. The summed E-state index contributed by atoms with van der Waals surface area (Å²) in [5.41, 5.74) is 0.236. The third-order valence-corrected chi connectivity index (χ3v) is 7.50. The van der Waals surface area contributed by atoms with Crippen LogP contribution in [-0.2, 0) is 30.2 Å². The average molecular weight is 328 g/mol. The fourth-order valence-electron chi connectivity index (χ4n) is 1.54. The van der Waals surface area contributed by atoms with Crippen LogP contribution in [0.25, 0.3) is 0 Å². The van der Waals surface area contributed by atoms with Gasteiger partial charge in [-0.15, -0.1) is 0 Å². The zero-order valence-corrected chi connectivity index (χ0v) is 13.7. The molecule has 1 heterocycles. The molecule has 1 aliphatic rings. The van der Waals surface area contributed by atoms with E-state index in [1.807, 2.05) is 20.5 Å². The lowest BCUT2D eigenvalue weighted by Crippen LogP contribution is -2.24. The van der Waals surface area contributed by atoms with Crippen molar-refractivity contribution in [3.63, 3.8) is 0 Å². The lowest BCUT2D eigenvalue weighted by Gasteiger charge is -2.27. The Morgan fingerprint density at radius 1 is 1.53 bits per heavy atom. The van der Waals surface area contributed by atoms with Gasteiger partial charge in [-0.05, 0) is 6.66 Å². The number of phosphoric acid groups is 1. The van der Waals surface area contributed by atoms with Gasteiger partial charge in [0, 0.05) is 18.1 Å². The summed E-state index contributed by atoms with van der Waals surface area (Å²) in [6, 6.07) is -0.647. The van der Waals surface area contributed by atoms with Crippen molar-refractivity contribution in [1.82, 2.24) is 0 Å². The van der Waals surface area contributed by atoms with Crippen LogP contribution < -0.4 is 0 Å². The minimum Gasteiger partial charge on any atom is -0.380 e. The molecule has 6 nitrogen and oxygen atoms in total. The Morgan fingerprint density at radius 3 is 2.58 bits per heavy atom. The largest absolute Gasteiger partial charge is 0.469 e. The molecule has 1 rings (SSSR count). The second-order valence-electron chi connectivity index (χ2n) is 4.89. The SMILES string of the molecule is [B][C@@H]1O[C@H](COP(=O)(O)O)C[C@H]1OP(C)(=S)C(C)C. The fraction of sp³-hybridized carbons (Fsp3) is 1.00. The summed E-state index contributed by atoms with van der Waals surface area (Å²) in [7, 11) is 1.30. The highest BCUT2D eigenvalue weighted by molar-refractivity contribution is 8.12. The van der Waals surface area contributed by atoms with Crippen LogP contribution in [0.4, 0.5) is 0 Å². The van der Waals surface area contributed by atoms with Crippen LogP contribution in [0.5, 0.6) is 0 Å². The molecule has 0 bridgehead atoms. The van der Waals surface area contributed by atoms with Gasteiger partial charge in [-0.25, -0.2) is 4.57 Å². The van der Waals surface area contributed by atoms with E-state index in [2.05, 4.69) is 4.52 Å². The van der Waals surface area contributed by atoms with E-state index in [4.69, 9.17) is 38.7 Å². The van der Waals surface area contributed by atoms with Crippen molar-refractivity contribution in [2.75, 3.05) is 13.3 Å². The minimum absolute atomic E-state index is 0.216. The van der Waals surface area contributed by atoms with Crippen molar-refractivity contribution in [3.05, 3.63) is 0 Å². The first-order valence-corrected chi connectivity index (χ1v) is 10.6. The number of hydrogen-bond acceptors (Lipinski definition) is 5. The summed E-state index contributed by atoms with van der Waals surface area (Å²) >= 11 is 5.44. The normalized spacial score (nSPS) is 31.6. The molecule has 0 aromatic carbocycles. The first-order chi connectivity index (χ1) is 8.51. The molecule has 0 spiro atoms. The van der Waals surface area contributed by atoms with Crippen LogP contribution in [0.3, 0.4) is 0 Å². The summed E-state index contributed by atoms with van der Waals surface area (Å²) in [4.78, 5) is 17.3. The Morgan fingerprint density at radius 2 is 2.11 bits per heavy atom. The van der Waals surface area contributed by atoms with E-state index in [0.717, 1.165) is 0 Å². The van der Waals surface area contributed by atoms with Crippen LogP contribution in [0.15, 0.2) is 0 Å². The Bertz CT molecular complexity index is 400. The van der Waals surface area contributed by atoms with Crippen LogP contribution in [0, 0.1) is 0 Å². The molecule has 0 aromatic heterocycles. The maximum Gasteiger partial charge on any atom is 0.469 e. The van der Waals surface area contributed by atoms with Crippen LogP contribution >= 0.6 is 14.1 Å². The molecule has 1 fully saturated rings. The van der Waals surface area contributed by atoms with Gasteiger partial charge in [0.15, 0.2) is 0 Å². The molecule has 110 valence electrons. The fourth-order valence-corrected chi connectivity index (χ4v) is 3.22. The molecule has 0 aromatic rings. The highest BCUT2D eigenvalue weighted by Crippen LogP contribution is 2.51. The monoisotopic (exact) mass is 328 g/mol. The van der Waals surface area contributed by atoms with Crippen molar-refractivity contribution in [2.24, 2.45) is 0 Å². The highest BCUT2D eigenvalue weighted by atomic mass is 32.4. The smallest absolute Gasteiger partial charge is 0.380 e. The molecule has 0 amide bonds. The maximum absolute atomic E-state index is 10.6. The molecule has 2 radical (unpaired) electrons. The molecule has 4 atom stereocenters. The van der Waals surface area contributed by atoms with Crippen molar-refractivity contribution < 1.29 is 28.1 Å². The van der Waals surface area contributed by atoms with Gasteiger partial charge in [0.05, 0.1) is 25.1 Å². The third-order valence-electron chi connectivity index (χ3n) is 2.92. The summed E-state index contributed by atoms with van der Waals surface area (Å²) in [6.07, 6.45) is -2.38. The standard InChI is InChI=1S/C9H19BO6P2S/c1-6(2)17(3,19)16-8-4-7(15-9(8)10)5-14-18(11,12)13/h6-9H,4-5H2,1-3H3,(H2,11,12,13)/t7-,8+,9+,17?/m0/s1. The Kier molecular flexibility index (Phi) is 6.25. The van der Waals surface area contributed by atoms with Gasteiger partial charge in [0.2, 0.25) is 0 Å². The zero-order valence-electron chi connectivity index (χ0n) is 11.1. The quantitative estimate of drug-likeness (QED) is 0.560. The van der Waals surface area contributed by atoms with E-state index in [1.54, 1.807) is 0 Å². The van der Waals surface area contributed by atoms with Gasteiger partial charge in [-0.3, -0.25) is 4.52 Å². The van der Waals surface area contributed by atoms with Gasteiger partial charge >= 0.3 is 7.82 Å². The first-order valence-electron chi connectivity index (χ1n) is 5.88. The van der Waals surface area contributed by atoms with E-state index in [0.29, 0.717) is 6.42 Å². The average Bonchev–Trinajstić information content (AvgIpc) is 2.55. The molecular weight excluding hydrogens is 309 g/mol. The number of phosphoric ester groups is 1.